The predicted octanol–water partition coefficient (Wildman–Crippen LogP) is 5.26. The van der Waals surface area contributed by atoms with Gasteiger partial charge < -0.3 is 10.0 Å². The van der Waals surface area contributed by atoms with Crippen LogP contribution in [0.2, 0.25) is 0 Å². The minimum absolute atomic E-state index is 0.265. The van der Waals surface area contributed by atoms with Gasteiger partial charge in [0, 0.05) is 16.9 Å². The summed E-state index contributed by atoms with van der Waals surface area (Å²) in [7, 11) is 0. The highest BCUT2D eigenvalue weighted by atomic mass is 16.3. The highest BCUT2D eigenvalue weighted by Crippen LogP contribution is 2.41. The van der Waals surface area contributed by atoms with Gasteiger partial charge in [-0.15, -0.1) is 0 Å². The number of fused-ring (bicyclic) bond motifs is 1. The molecular weight excluding hydrogens is 462 g/mol. The minimum atomic E-state index is -2.12. The van der Waals surface area contributed by atoms with Gasteiger partial charge in [-0.3, -0.25) is 15.3 Å². The molecule has 0 saturated heterocycles. The topological polar surface area (TPSA) is 96.0 Å². The zero-order chi connectivity index (χ0) is 26.8. The average Bonchev–Trinajstić information content (AvgIpc) is 3.71. The maximum absolute atomic E-state index is 14.4. The van der Waals surface area contributed by atoms with Gasteiger partial charge in [0.25, 0.3) is 5.91 Å². The highest BCUT2D eigenvalue weighted by Gasteiger charge is 2.52. The molecule has 1 aliphatic carbocycles. The minimum Gasteiger partial charge on any atom is -0.392 e. The number of hydrogen-bond donors (Lipinski definition) is 2. The number of carbonyl (C=O) groups is 2. The summed E-state index contributed by atoms with van der Waals surface area (Å²) in [5.74, 6) is -1.35. The van der Waals surface area contributed by atoms with Crippen molar-refractivity contribution in [1.29, 1.82) is 0 Å². The SMILES string of the molecule is CCCC[C@H](O)[C@@H](CC1CC1)C(=O)C1(N)N=C(C(C)(C)C)c2ccccc2N(Cc2ccccc2)C1=O. The Hall–Kier alpha value is -2.83. The second kappa shape index (κ2) is 10.9. The van der Waals surface area contributed by atoms with Crippen LogP contribution >= 0.6 is 0 Å². The van der Waals surface area contributed by atoms with Crippen molar-refractivity contribution < 1.29 is 14.7 Å². The summed E-state index contributed by atoms with van der Waals surface area (Å²) in [6.07, 6.45) is 4.01. The Morgan fingerprint density at radius 1 is 1.14 bits per heavy atom. The van der Waals surface area contributed by atoms with E-state index in [0.29, 0.717) is 30.2 Å². The number of aliphatic hydroxyl groups is 1. The summed E-state index contributed by atoms with van der Waals surface area (Å²) in [4.78, 5) is 35.2. The van der Waals surface area contributed by atoms with Gasteiger partial charge in [0.15, 0.2) is 5.78 Å². The van der Waals surface area contributed by atoms with Gasteiger partial charge in [-0.1, -0.05) is 102 Å². The molecule has 0 bridgehead atoms. The molecule has 1 aliphatic heterocycles. The molecule has 1 saturated carbocycles. The number of amides is 1. The first-order chi connectivity index (χ1) is 17.6. The van der Waals surface area contributed by atoms with Crippen LogP contribution in [0.1, 0.15) is 77.3 Å². The van der Waals surface area contributed by atoms with Gasteiger partial charge in [0.2, 0.25) is 5.66 Å². The van der Waals surface area contributed by atoms with Crippen molar-refractivity contribution in [1.82, 2.24) is 0 Å². The number of benzodiazepines with no additional fused rings is 1. The molecule has 0 aromatic heterocycles. The molecule has 37 heavy (non-hydrogen) atoms. The summed E-state index contributed by atoms with van der Waals surface area (Å²) in [5.41, 5.74) is 7.32. The van der Waals surface area contributed by atoms with Crippen LogP contribution in [0.3, 0.4) is 0 Å². The van der Waals surface area contributed by atoms with Crippen LogP contribution in [0.5, 0.6) is 0 Å². The molecule has 3 atom stereocenters. The van der Waals surface area contributed by atoms with E-state index < -0.39 is 34.8 Å². The Kier molecular flexibility index (Phi) is 8.00. The van der Waals surface area contributed by atoms with Gasteiger partial charge >= 0.3 is 0 Å². The van der Waals surface area contributed by atoms with Crippen LogP contribution in [0.15, 0.2) is 59.6 Å². The van der Waals surface area contributed by atoms with E-state index in [1.54, 1.807) is 4.90 Å². The quantitative estimate of drug-likeness (QED) is 0.432. The van der Waals surface area contributed by atoms with E-state index >= 15 is 0 Å². The number of hydrogen-bond acceptors (Lipinski definition) is 5. The first-order valence-corrected chi connectivity index (χ1v) is 13.6. The number of para-hydroxylation sites is 1. The third kappa shape index (κ3) is 5.86. The summed E-state index contributed by atoms with van der Waals surface area (Å²) in [6.45, 7) is 8.37. The van der Waals surface area contributed by atoms with E-state index in [4.69, 9.17) is 10.7 Å². The van der Waals surface area contributed by atoms with Crippen molar-refractivity contribution in [3.63, 3.8) is 0 Å². The number of unbranched alkanes of at least 4 members (excludes halogenated alkanes) is 1. The number of anilines is 1. The van der Waals surface area contributed by atoms with E-state index in [0.717, 1.165) is 36.8 Å². The van der Waals surface area contributed by atoms with Crippen LogP contribution in [-0.4, -0.2) is 34.3 Å². The molecular formula is C31H41N3O3. The average molecular weight is 504 g/mol. The van der Waals surface area contributed by atoms with E-state index in [2.05, 4.69) is 6.92 Å². The van der Waals surface area contributed by atoms with Gasteiger partial charge in [0.1, 0.15) is 0 Å². The normalized spacial score (nSPS) is 21.6. The first kappa shape index (κ1) is 27.2. The number of benzene rings is 2. The maximum Gasteiger partial charge on any atom is 0.277 e. The lowest BCUT2D eigenvalue weighted by molar-refractivity contribution is -0.139. The molecule has 0 spiro atoms. The predicted molar refractivity (Wildman–Crippen MR) is 148 cm³/mol. The fourth-order valence-corrected chi connectivity index (χ4v) is 5.21. The number of ketones is 1. The fourth-order valence-electron chi connectivity index (χ4n) is 5.21. The fraction of sp³-hybridized carbons (Fsp3) is 0.516. The number of carbonyl (C=O) groups excluding carboxylic acids is 2. The van der Waals surface area contributed by atoms with E-state index in [1.807, 2.05) is 75.4 Å². The van der Waals surface area contributed by atoms with E-state index in [9.17, 15) is 14.7 Å². The van der Waals surface area contributed by atoms with Crippen molar-refractivity contribution in [3.8, 4) is 0 Å². The van der Waals surface area contributed by atoms with Gasteiger partial charge in [0.05, 0.1) is 24.0 Å². The van der Waals surface area contributed by atoms with Crippen molar-refractivity contribution in [2.75, 3.05) is 4.90 Å². The molecule has 4 rings (SSSR count). The molecule has 6 heteroatoms. The monoisotopic (exact) mass is 503 g/mol. The third-order valence-corrected chi connectivity index (χ3v) is 7.52. The Bertz CT molecular complexity index is 1150. The summed E-state index contributed by atoms with van der Waals surface area (Å²) in [5, 5.41) is 11.1. The molecule has 1 amide bonds. The molecule has 2 aliphatic rings. The standard InChI is InChI=1S/C31H41N3O3/c1-5-6-16-26(35)24(19-21-17-18-21)28(36)31(32)29(37)34(20-22-12-8-7-9-13-22)25-15-11-10-14-23(25)27(33-31)30(2,3)4/h7-15,21,24,26,35H,5-6,16-20,32H2,1-4H3/t24-,26+,31?/m1/s1. The largest absolute Gasteiger partial charge is 0.392 e. The van der Waals surface area contributed by atoms with Crippen LogP contribution in [0.4, 0.5) is 5.69 Å². The lowest BCUT2D eigenvalue weighted by Gasteiger charge is -2.33. The zero-order valence-electron chi connectivity index (χ0n) is 22.6. The first-order valence-electron chi connectivity index (χ1n) is 13.6. The number of nitrogens with two attached hydrogens (primary N) is 1. The summed E-state index contributed by atoms with van der Waals surface area (Å²) >= 11 is 0. The van der Waals surface area contributed by atoms with Crippen molar-refractivity contribution >= 4 is 23.1 Å². The maximum atomic E-state index is 14.4. The summed E-state index contributed by atoms with van der Waals surface area (Å²) < 4.78 is 0. The number of nitrogens with zero attached hydrogens (tertiary/aromatic N) is 2. The molecule has 3 N–H and O–H groups in total. The van der Waals surface area contributed by atoms with Gasteiger partial charge in [-0.05, 0) is 30.4 Å². The summed E-state index contributed by atoms with van der Waals surface area (Å²) in [6, 6.07) is 17.3. The van der Waals surface area contributed by atoms with Gasteiger partial charge in [-0.2, -0.15) is 0 Å². The third-order valence-electron chi connectivity index (χ3n) is 7.52. The lowest BCUT2D eigenvalue weighted by Crippen LogP contribution is -2.62. The van der Waals surface area contributed by atoms with Crippen LogP contribution in [0, 0.1) is 17.3 Å². The highest BCUT2D eigenvalue weighted by molar-refractivity contribution is 6.23. The Morgan fingerprint density at radius 2 is 1.78 bits per heavy atom. The van der Waals surface area contributed by atoms with Crippen LogP contribution < -0.4 is 10.6 Å². The zero-order valence-corrected chi connectivity index (χ0v) is 22.6. The Balaban J connectivity index is 1.85. The number of aliphatic hydroxyl groups excluding tert-OH is 1. The van der Waals surface area contributed by atoms with Crippen molar-refractivity contribution in [2.24, 2.45) is 28.0 Å². The van der Waals surface area contributed by atoms with E-state index in [-0.39, 0.29) is 6.54 Å². The number of Topliss-reactive ketones (excluding diaryl/α,β-unsaturated/α-hetero) is 1. The molecule has 1 fully saturated rings. The molecule has 2 aromatic rings. The van der Waals surface area contributed by atoms with Crippen LogP contribution in [-0.2, 0) is 16.1 Å². The van der Waals surface area contributed by atoms with Crippen molar-refractivity contribution in [3.05, 3.63) is 65.7 Å². The Morgan fingerprint density at radius 3 is 2.41 bits per heavy atom. The lowest BCUT2D eigenvalue weighted by atomic mass is 9.82. The smallest absolute Gasteiger partial charge is 0.277 e. The molecule has 198 valence electrons. The van der Waals surface area contributed by atoms with Gasteiger partial charge in [-0.25, -0.2) is 4.99 Å². The molecule has 6 nitrogen and oxygen atoms in total. The molecule has 1 heterocycles. The number of rotatable bonds is 10. The molecule has 2 aromatic carbocycles. The molecule has 0 radical (unpaired) electrons. The van der Waals surface area contributed by atoms with Crippen molar-refractivity contribution in [2.45, 2.75) is 84.5 Å². The van der Waals surface area contributed by atoms with E-state index in [1.165, 1.54) is 0 Å². The second-order valence-corrected chi connectivity index (χ2v) is 11.7. The Labute approximate surface area is 221 Å². The second-order valence-electron chi connectivity index (χ2n) is 11.7. The van der Waals surface area contributed by atoms with Crippen LogP contribution in [0.25, 0.3) is 0 Å². The number of aliphatic imine (C=N–C) groups is 1. The molecule has 1 unspecified atom stereocenters.